The van der Waals surface area contributed by atoms with E-state index in [1.54, 1.807) is 0 Å². The molecule has 0 atom stereocenters. The largest absolute Gasteiger partial charge is 0.309 e. The summed E-state index contributed by atoms with van der Waals surface area (Å²) in [6.45, 7) is 0. The van der Waals surface area contributed by atoms with Crippen LogP contribution in [-0.4, -0.2) is -2.43 Å². The number of halogens is 4. The first kappa shape index (κ1) is 7.98. The van der Waals surface area contributed by atoms with E-state index in [9.17, 15) is 0 Å². The first-order valence-corrected chi connectivity index (χ1v) is 5.86. The molecule has 0 aromatic heterocycles. The predicted octanol–water partition coefficient (Wildman–Crippen LogP) is 3.16. The summed E-state index contributed by atoms with van der Waals surface area (Å²) in [5.41, 5.74) is 0. The highest BCUT2D eigenvalue weighted by atomic mass is 127. The van der Waals surface area contributed by atoms with Crippen LogP contribution < -0.4 is 0 Å². The maximum absolute atomic E-state index is 2.40. The van der Waals surface area contributed by atoms with Crippen LogP contribution in [0.2, 0.25) is 0 Å². The van der Waals surface area contributed by atoms with Gasteiger partial charge in [0.1, 0.15) is 0 Å². The quantitative estimate of drug-likeness (QED) is 0.342. The predicted molar refractivity (Wildman–Crippen MR) is 61.8 cm³/mol. The smallest absolute Gasteiger partial charge is 0.234 e. The van der Waals surface area contributed by atoms with Gasteiger partial charge in [-0.25, -0.2) is 0 Å². The second-order valence-electron chi connectivity index (χ2n) is 0.495. The Morgan fingerprint density at radius 3 is 0.800 bits per heavy atom. The lowest BCUT2D eigenvalue weighted by molar-refractivity contribution is 5.30. The van der Waals surface area contributed by atoms with Crippen LogP contribution in [0.3, 0.4) is 0 Å². The third-order valence-electron chi connectivity index (χ3n) is 0. The molecule has 0 bridgehead atoms. The Bertz CT molecular complexity index is 19.1. The highest BCUT2D eigenvalue weighted by molar-refractivity contribution is 14.5. The zero-order chi connectivity index (χ0) is 4.50. The number of hydrogen-bond donors (Lipinski definition) is 0. The lowest BCUT2D eigenvalue weighted by Gasteiger charge is -2.05. The topological polar surface area (TPSA) is 0 Å². The summed E-state index contributed by atoms with van der Waals surface area (Å²) >= 11 is 9.60. The summed E-state index contributed by atoms with van der Waals surface area (Å²) in [5, 5.41) is 0. The minimum absolute atomic E-state index is 0.120. The molecular formula is BI4-. The summed E-state index contributed by atoms with van der Waals surface area (Å²) in [7, 11) is 0. The van der Waals surface area contributed by atoms with Gasteiger partial charge in [0.2, 0.25) is -2.43 Å². The molecule has 32 valence electrons. The molecule has 0 rings (SSSR count). The maximum Gasteiger partial charge on any atom is 0.234 e. The fraction of sp³-hybridized carbons (Fsp3) is 0. The first-order chi connectivity index (χ1) is 2.00. The van der Waals surface area contributed by atoms with Crippen molar-refractivity contribution < 1.29 is 0 Å². The van der Waals surface area contributed by atoms with Gasteiger partial charge in [0.15, 0.2) is 0 Å². The molecule has 0 aliphatic heterocycles. The molecule has 0 aliphatic rings. The van der Waals surface area contributed by atoms with Gasteiger partial charge in [-0.05, 0) is 0 Å². The van der Waals surface area contributed by atoms with Crippen LogP contribution in [0.25, 0.3) is 0 Å². The lowest BCUT2D eigenvalue weighted by Crippen LogP contribution is -1.84. The molecule has 0 saturated carbocycles. The van der Waals surface area contributed by atoms with Crippen LogP contribution in [0, 0.1) is 0 Å². The summed E-state index contributed by atoms with van der Waals surface area (Å²) in [5.74, 6) is 0. The van der Waals surface area contributed by atoms with Crippen LogP contribution in [0.1, 0.15) is 0 Å². The van der Waals surface area contributed by atoms with Gasteiger partial charge in [-0.15, -0.1) is 0 Å². The van der Waals surface area contributed by atoms with Gasteiger partial charge in [-0.2, -0.15) is 0 Å². The van der Waals surface area contributed by atoms with Crippen molar-refractivity contribution in [2.75, 3.05) is 0 Å². The average Bonchev–Trinajstić information content (AvgIpc) is 0.722. The van der Waals surface area contributed by atoms with Gasteiger partial charge in [0.25, 0.3) is 0 Å². The van der Waals surface area contributed by atoms with Crippen molar-refractivity contribution in [3.05, 3.63) is 0 Å². The molecule has 0 unspecified atom stereocenters. The molecule has 0 aromatic carbocycles. The molecule has 5 heavy (non-hydrogen) atoms. The molecule has 0 spiro atoms. The first-order valence-electron chi connectivity index (χ1n) is 0.873. The Balaban J connectivity index is 3.02. The molecular weight excluding hydrogens is 518 g/mol. The molecule has 0 saturated heterocycles. The molecule has 0 nitrogen and oxygen atoms in total. The Kier molecular flexibility index (Phi) is 4.95. The monoisotopic (exact) mass is 519 g/mol. The minimum Gasteiger partial charge on any atom is -0.309 e. The zero-order valence-corrected chi connectivity index (χ0v) is 10.7. The van der Waals surface area contributed by atoms with Gasteiger partial charge < -0.3 is 89.5 Å². The van der Waals surface area contributed by atoms with Crippen LogP contribution in [0.5, 0.6) is 0 Å². The zero-order valence-electron chi connectivity index (χ0n) is 2.09. The molecule has 0 heterocycles. The van der Waals surface area contributed by atoms with E-state index in [0.717, 1.165) is 0 Å². The molecule has 0 aromatic rings. The van der Waals surface area contributed by atoms with Crippen molar-refractivity contribution in [1.29, 1.82) is 0 Å². The van der Waals surface area contributed by atoms with Crippen molar-refractivity contribution in [2.24, 2.45) is 0 Å². The van der Waals surface area contributed by atoms with E-state index >= 15 is 0 Å². The van der Waals surface area contributed by atoms with Crippen molar-refractivity contribution in [3.63, 3.8) is 0 Å². The van der Waals surface area contributed by atoms with Crippen LogP contribution in [0.15, 0.2) is 0 Å². The van der Waals surface area contributed by atoms with E-state index in [1.807, 2.05) is 0 Å². The molecule has 0 fully saturated rings. The van der Waals surface area contributed by atoms with Crippen LogP contribution in [0.4, 0.5) is 0 Å². The summed E-state index contributed by atoms with van der Waals surface area (Å²) in [4.78, 5) is 0. The Labute approximate surface area is 85.0 Å². The SMILES string of the molecule is I[B-](I)(I)I. The standard InChI is InChI=1S/BI4/c2-1(3,4)5/q-1. The molecule has 0 amide bonds. The van der Waals surface area contributed by atoms with E-state index in [4.69, 9.17) is 0 Å². The maximum atomic E-state index is 2.40. The van der Waals surface area contributed by atoms with Gasteiger partial charge in [0.05, 0.1) is 0 Å². The second-order valence-corrected chi connectivity index (χ2v) is 22.3. The van der Waals surface area contributed by atoms with Crippen molar-refractivity contribution in [3.8, 4) is 0 Å². The summed E-state index contributed by atoms with van der Waals surface area (Å²) in [6, 6.07) is 0. The van der Waals surface area contributed by atoms with Crippen molar-refractivity contribution in [2.45, 2.75) is 0 Å². The second kappa shape index (κ2) is 3.10. The molecule has 0 N–H and O–H groups in total. The van der Waals surface area contributed by atoms with E-state index in [2.05, 4.69) is 89.5 Å². The number of rotatable bonds is 0. The molecule has 5 heteroatoms. The average molecular weight is 518 g/mol. The van der Waals surface area contributed by atoms with Crippen LogP contribution in [-0.2, 0) is 0 Å². The summed E-state index contributed by atoms with van der Waals surface area (Å²) < 4.78 is -0.120. The fourth-order valence-electron chi connectivity index (χ4n) is 0. The summed E-state index contributed by atoms with van der Waals surface area (Å²) in [6.07, 6.45) is 0. The third-order valence-corrected chi connectivity index (χ3v) is 0. The third kappa shape index (κ3) is 19.5. The Morgan fingerprint density at radius 2 is 0.800 bits per heavy atom. The Morgan fingerprint density at radius 1 is 0.800 bits per heavy atom. The van der Waals surface area contributed by atoms with Gasteiger partial charge in [-0.1, -0.05) is 0 Å². The van der Waals surface area contributed by atoms with Crippen molar-refractivity contribution >= 4 is 87.1 Å². The van der Waals surface area contributed by atoms with E-state index < -0.39 is 0 Å². The van der Waals surface area contributed by atoms with E-state index in [-0.39, 0.29) is -2.43 Å². The van der Waals surface area contributed by atoms with Gasteiger partial charge in [-0.3, -0.25) is 0 Å². The highest BCUT2D eigenvalue weighted by Gasteiger charge is 1.98. The molecule has 0 radical (unpaired) electrons. The van der Waals surface area contributed by atoms with Crippen molar-refractivity contribution in [1.82, 2.24) is 0 Å². The lowest BCUT2D eigenvalue weighted by atomic mass is 10.8. The van der Waals surface area contributed by atoms with E-state index in [0.29, 0.717) is 0 Å². The fourth-order valence-corrected chi connectivity index (χ4v) is 0. The number of hydrogen-bond acceptors (Lipinski definition) is 0. The van der Waals surface area contributed by atoms with E-state index in [1.165, 1.54) is 0 Å². The molecule has 0 aliphatic carbocycles. The van der Waals surface area contributed by atoms with Crippen LogP contribution >= 0.6 is 89.5 Å². The normalized spacial score (nSPS) is 12.0. The van der Waals surface area contributed by atoms with Gasteiger partial charge in [0, 0.05) is 0 Å². The highest BCUT2D eigenvalue weighted by Crippen LogP contribution is 2.35. The Hall–Kier alpha value is 2.98. The van der Waals surface area contributed by atoms with Gasteiger partial charge >= 0.3 is 0 Å². The minimum atomic E-state index is -0.120.